The van der Waals surface area contributed by atoms with E-state index in [0.717, 1.165) is 15.5 Å². The van der Waals surface area contributed by atoms with Gasteiger partial charge in [0, 0.05) is 30.5 Å². The van der Waals surface area contributed by atoms with E-state index in [4.69, 9.17) is 4.74 Å². The maximum absolute atomic E-state index is 12.6. The quantitative estimate of drug-likeness (QED) is 0.350. The van der Waals surface area contributed by atoms with E-state index in [0.29, 0.717) is 0 Å². The Morgan fingerprint density at radius 3 is 2.67 bits per heavy atom. The molecule has 1 unspecified atom stereocenters. The average molecular weight is 438 g/mol. The van der Waals surface area contributed by atoms with Crippen LogP contribution in [0, 0.1) is 0 Å². The molecular weight excluding hydrogens is 420 g/mol. The van der Waals surface area contributed by atoms with Crippen molar-refractivity contribution in [3.05, 3.63) is 44.4 Å². The molecule has 2 amide bonds. The first-order valence-corrected chi connectivity index (χ1v) is 9.82. The Bertz CT molecular complexity index is 1070. The second-order valence-corrected chi connectivity index (χ2v) is 7.73. The number of aliphatic carboxylic acids is 1. The number of amides is 2. The molecule has 2 aliphatic heterocycles. The minimum absolute atomic E-state index is 0.199. The smallest absolute Gasteiger partial charge is 0.352 e. The third-order valence-corrected chi connectivity index (χ3v) is 5.98. The van der Waals surface area contributed by atoms with Crippen LogP contribution in [-0.2, 0) is 23.9 Å². The molecule has 0 saturated carbocycles. The van der Waals surface area contributed by atoms with Crippen LogP contribution in [0.4, 0.5) is 0 Å². The van der Waals surface area contributed by atoms with Crippen molar-refractivity contribution in [3.63, 3.8) is 0 Å². The molecule has 1 saturated heterocycles. The number of aromatic nitrogens is 2. The molecule has 13 heteroatoms. The van der Waals surface area contributed by atoms with Crippen molar-refractivity contribution in [1.29, 1.82) is 0 Å². The Balaban J connectivity index is 1.75. The standard InChI is InChI=1S/C17H18N4O8S/c1-7(20-4-3-10(23)18-17(20)28)13(24)19-11-14(25)21-12(16(26)27)9(5-29-8(2)22)6-30-15(11)21/h3-4,7,11,15H,5-6H2,1-2H3,(H,19,24)(H,26,27)(H,18,23,28)/t7?,11-,15-/m1/s1. The summed E-state index contributed by atoms with van der Waals surface area (Å²) < 4.78 is 5.86. The number of hydrogen-bond donors (Lipinski definition) is 3. The van der Waals surface area contributed by atoms with E-state index in [2.05, 4.69) is 5.32 Å². The summed E-state index contributed by atoms with van der Waals surface area (Å²) in [6.07, 6.45) is 1.17. The van der Waals surface area contributed by atoms with Gasteiger partial charge in [0.05, 0.1) is 0 Å². The molecule has 12 nitrogen and oxygen atoms in total. The van der Waals surface area contributed by atoms with Crippen LogP contribution in [0.5, 0.6) is 0 Å². The van der Waals surface area contributed by atoms with E-state index in [-0.39, 0.29) is 23.6 Å². The van der Waals surface area contributed by atoms with Crippen LogP contribution in [0.15, 0.2) is 33.1 Å². The molecule has 1 aromatic heterocycles. The first-order valence-electron chi connectivity index (χ1n) is 8.77. The highest BCUT2D eigenvalue weighted by Gasteiger charge is 2.54. The van der Waals surface area contributed by atoms with Gasteiger partial charge in [-0.2, -0.15) is 0 Å². The summed E-state index contributed by atoms with van der Waals surface area (Å²) in [6, 6.07) is -0.903. The second kappa shape index (κ2) is 8.18. The van der Waals surface area contributed by atoms with Crippen molar-refractivity contribution in [2.45, 2.75) is 31.3 Å². The Morgan fingerprint density at radius 1 is 1.37 bits per heavy atom. The molecular formula is C17H18N4O8S. The van der Waals surface area contributed by atoms with Gasteiger partial charge in [-0.15, -0.1) is 11.8 Å². The molecule has 3 atom stereocenters. The van der Waals surface area contributed by atoms with Gasteiger partial charge in [-0.25, -0.2) is 9.59 Å². The third-order valence-electron chi connectivity index (χ3n) is 4.65. The lowest BCUT2D eigenvalue weighted by atomic mass is 10.0. The lowest BCUT2D eigenvalue weighted by molar-refractivity contribution is -0.151. The molecule has 0 aliphatic carbocycles. The fraction of sp³-hybridized carbons (Fsp3) is 0.412. The number of fused-ring (bicyclic) bond motifs is 1. The number of carbonyl (C=O) groups excluding carboxylic acids is 3. The number of rotatable bonds is 6. The molecule has 0 bridgehead atoms. The fourth-order valence-electron chi connectivity index (χ4n) is 3.12. The summed E-state index contributed by atoms with van der Waals surface area (Å²) in [5, 5.41) is 11.4. The molecule has 1 fully saturated rings. The zero-order valence-electron chi connectivity index (χ0n) is 15.9. The zero-order valence-corrected chi connectivity index (χ0v) is 16.7. The van der Waals surface area contributed by atoms with Gasteiger partial charge in [0.25, 0.3) is 11.5 Å². The molecule has 0 radical (unpaired) electrons. The summed E-state index contributed by atoms with van der Waals surface area (Å²) in [5.74, 6) is -2.99. The van der Waals surface area contributed by atoms with Gasteiger partial charge >= 0.3 is 17.6 Å². The maximum atomic E-state index is 12.6. The Labute approximate surface area is 172 Å². The van der Waals surface area contributed by atoms with Crippen molar-refractivity contribution in [1.82, 2.24) is 19.8 Å². The van der Waals surface area contributed by atoms with Crippen molar-refractivity contribution in [3.8, 4) is 0 Å². The van der Waals surface area contributed by atoms with E-state index in [9.17, 15) is 33.9 Å². The van der Waals surface area contributed by atoms with Gasteiger partial charge in [0.1, 0.15) is 29.8 Å². The van der Waals surface area contributed by atoms with Crippen LogP contribution in [0.3, 0.4) is 0 Å². The monoisotopic (exact) mass is 438 g/mol. The number of aromatic amines is 1. The van der Waals surface area contributed by atoms with Gasteiger partial charge in [-0.3, -0.25) is 33.6 Å². The van der Waals surface area contributed by atoms with E-state index in [1.54, 1.807) is 0 Å². The van der Waals surface area contributed by atoms with Gasteiger partial charge in [-0.1, -0.05) is 0 Å². The van der Waals surface area contributed by atoms with Crippen LogP contribution in [0.25, 0.3) is 0 Å². The van der Waals surface area contributed by atoms with Crippen molar-refractivity contribution in [2.24, 2.45) is 0 Å². The first-order chi connectivity index (χ1) is 14.1. The average Bonchev–Trinajstić information content (AvgIpc) is 2.68. The van der Waals surface area contributed by atoms with Gasteiger partial charge in [0.2, 0.25) is 5.91 Å². The maximum Gasteiger partial charge on any atom is 0.352 e. The number of esters is 1. The fourth-order valence-corrected chi connectivity index (χ4v) is 4.44. The van der Waals surface area contributed by atoms with Crippen LogP contribution >= 0.6 is 11.8 Å². The van der Waals surface area contributed by atoms with E-state index >= 15 is 0 Å². The predicted molar refractivity (Wildman–Crippen MR) is 102 cm³/mol. The number of nitrogens with zero attached hydrogens (tertiary/aromatic N) is 2. The highest BCUT2D eigenvalue weighted by atomic mass is 32.2. The second-order valence-electron chi connectivity index (χ2n) is 6.63. The Morgan fingerprint density at radius 2 is 2.07 bits per heavy atom. The molecule has 2 aliphatic rings. The van der Waals surface area contributed by atoms with Crippen LogP contribution < -0.4 is 16.6 Å². The SMILES string of the molecule is CC(=O)OCC1=C(C(=O)O)N2C(=O)[C@@H](NC(=O)C(C)n3ccc(=O)[nH]c3=O)[C@H]2SC1. The summed E-state index contributed by atoms with van der Waals surface area (Å²) >= 11 is 1.22. The molecule has 3 heterocycles. The highest BCUT2D eigenvalue weighted by molar-refractivity contribution is 8.00. The van der Waals surface area contributed by atoms with Gasteiger partial charge in [-0.05, 0) is 6.92 Å². The van der Waals surface area contributed by atoms with E-state index < -0.39 is 52.5 Å². The Kier molecular flexibility index (Phi) is 5.82. The molecule has 1 aromatic rings. The molecule has 3 N–H and O–H groups in total. The topological polar surface area (TPSA) is 168 Å². The first kappa shape index (κ1) is 21.4. The number of thioether (sulfide) groups is 1. The number of carboxylic acids is 1. The number of nitrogens with one attached hydrogen (secondary N) is 2. The number of β-lactam (4-membered cyclic amide) rings is 1. The minimum Gasteiger partial charge on any atom is -0.477 e. The summed E-state index contributed by atoms with van der Waals surface area (Å²) in [6.45, 7) is 2.36. The minimum atomic E-state index is -1.34. The van der Waals surface area contributed by atoms with E-state index in [1.807, 2.05) is 4.98 Å². The van der Waals surface area contributed by atoms with Crippen LogP contribution in [0.2, 0.25) is 0 Å². The van der Waals surface area contributed by atoms with E-state index in [1.165, 1.54) is 31.8 Å². The molecule has 0 spiro atoms. The van der Waals surface area contributed by atoms with Crippen molar-refractivity contribution >= 4 is 35.5 Å². The predicted octanol–water partition coefficient (Wildman–Crippen LogP) is -1.60. The highest BCUT2D eigenvalue weighted by Crippen LogP contribution is 2.40. The number of carboxylic acid groups (broad SMARTS) is 1. The third kappa shape index (κ3) is 3.87. The summed E-state index contributed by atoms with van der Waals surface area (Å²) in [7, 11) is 0. The summed E-state index contributed by atoms with van der Waals surface area (Å²) in [4.78, 5) is 73.9. The molecule has 160 valence electrons. The molecule has 3 rings (SSSR count). The lowest BCUT2D eigenvalue weighted by Gasteiger charge is -2.49. The molecule has 30 heavy (non-hydrogen) atoms. The Hall–Kier alpha value is -3.35. The number of carbonyl (C=O) groups is 4. The number of H-pyrrole nitrogens is 1. The van der Waals surface area contributed by atoms with Crippen molar-refractivity contribution in [2.75, 3.05) is 12.4 Å². The number of hydrogen-bond acceptors (Lipinski definition) is 8. The van der Waals surface area contributed by atoms with Crippen LogP contribution in [0.1, 0.15) is 19.9 Å². The van der Waals surface area contributed by atoms with Crippen LogP contribution in [-0.4, -0.2) is 67.1 Å². The largest absolute Gasteiger partial charge is 0.477 e. The van der Waals surface area contributed by atoms with Gasteiger partial charge in [0.15, 0.2) is 0 Å². The zero-order chi connectivity index (χ0) is 22.2. The lowest BCUT2D eigenvalue weighted by Crippen LogP contribution is -2.71. The number of ether oxygens (including phenoxy) is 1. The normalized spacial score (nSPS) is 21.4. The van der Waals surface area contributed by atoms with Crippen molar-refractivity contribution < 1.29 is 29.0 Å². The molecule has 0 aromatic carbocycles. The summed E-state index contributed by atoms with van der Waals surface area (Å²) in [5.41, 5.74) is -1.36. The van der Waals surface area contributed by atoms with Gasteiger partial charge < -0.3 is 15.2 Å².